The van der Waals surface area contributed by atoms with Gasteiger partial charge in [-0.1, -0.05) is 0 Å². The van der Waals surface area contributed by atoms with Crippen LogP contribution < -0.4 is 16.4 Å². The predicted octanol–water partition coefficient (Wildman–Crippen LogP) is 0.517. The van der Waals surface area contributed by atoms with Gasteiger partial charge in [0.2, 0.25) is 5.91 Å². The summed E-state index contributed by atoms with van der Waals surface area (Å²) in [6, 6.07) is 4.20. The van der Waals surface area contributed by atoms with Gasteiger partial charge in [0.1, 0.15) is 6.04 Å². The fourth-order valence-corrected chi connectivity index (χ4v) is 3.20. The second-order valence-corrected chi connectivity index (χ2v) is 7.12. The van der Waals surface area contributed by atoms with Crippen LogP contribution in [0.1, 0.15) is 19.3 Å². The molecule has 1 aromatic rings. The highest BCUT2D eigenvalue weighted by Gasteiger charge is 2.28. The van der Waals surface area contributed by atoms with Crippen molar-refractivity contribution in [2.75, 3.05) is 23.4 Å². The van der Waals surface area contributed by atoms with Gasteiger partial charge in [-0.25, -0.2) is 8.42 Å². The average molecular weight is 297 g/mol. The lowest BCUT2D eigenvalue weighted by atomic mass is 10.0. The van der Waals surface area contributed by atoms with Crippen LogP contribution in [0.25, 0.3) is 0 Å². The van der Waals surface area contributed by atoms with E-state index in [2.05, 4.69) is 0 Å². The van der Waals surface area contributed by atoms with E-state index in [1.54, 1.807) is 6.07 Å². The van der Waals surface area contributed by atoms with Crippen molar-refractivity contribution in [3.8, 4) is 0 Å². The fraction of sp³-hybridized carbons (Fsp3) is 0.462. The molecule has 1 amide bonds. The zero-order valence-electron chi connectivity index (χ0n) is 11.4. The first-order chi connectivity index (χ1) is 9.30. The Balaban J connectivity index is 2.39. The standard InChI is InChI=1S/C13H19N3O3S/c1-20(18,19)9-5-6-11(10(14)8-9)16-7-3-2-4-12(16)13(15)17/h5-6,8,12H,2-4,7,14H2,1H3,(H2,15,17). The molecule has 0 aliphatic carbocycles. The molecule has 1 saturated heterocycles. The largest absolute Gasteiger partial charge is 0.397 e. The molecule has 0 bridgehead atoms. The molecular weight excluding hydrogens is 278 g/mol. The quantitative estimate of drug-likeness (QED) is 0.791. The summed E-state index contributed by atoms with van der Waals surface area (Å²) >= 11 is 0. The van der Waals surface area contributed by atoms with Crippen LogP contribution in [0.4, 0.5) is 11.4 Å². The Morgan fingerprint density at radius 1 is 1.35 bits per heavy atom. The average Bonchev–Trinajstić information content (AvgIpc) is 2.37. The van der Waals surface area contributed by atoms with Crippen LogP contribution in [0.5, 0.6) is 0 Å². The molecule has 1 fully saturated rings. The number of carbonyl (C=O) groups excluding carboxylic acids is 1. The molecule has 1 aliphatic rings. The van der Waals surface area contributed by atoms with Gasteiger partial charge >= 0.3 is 0 Å². The number of hydrogen-bond donors (Lipinski definition) is 2. The summed E-state index contributed by atoms with van der Waals surface area (Å²) in [7, 11) is -3.29. The number of nitrogen functional groups attached to an aromatic ring is 1. The number of sulfone groups is 1. The molecule has 0 radical (unpaired) electrons. The van der Waals surface area contributed by atoms with Crippen LogP contribution in [0, 0.1) is 0 Å². The Labute approximate surface area is 118 Å². The van der Waals surface area contributed by atoms with E-state index in [1.807, 2.05) is 4.90 Å². The number of anilines is 2. The van der Waals surface area contributed by atoms with Gasteiger partial charge in [0.05, 0.1) is 16.3 Å². The first-order valence-corrected chi connectivity index (χ1v) is 8.35. The number of piperidine rings is 1. The van der Waals surface area contributed by atoms with Crippen LogP contribution in [-0.4, -0.2) is 33.2 Å². The Morgan fingerprint density at radius 2 is 2.05 bits per heavy atom. The maximum atomic E-state index is 11.5. The predicted molar refractivity (Wildman–Crippen MR) is 78.1 cm³/mol. The molecule has 0 saturated carbocycles. The van der Waals surface area contributed by atoms with Crippen LogP contribution in [0.2, 0.25) is 0 Å². The van der Waals surface area contributed by atoms with Crippen molar-refractivity contribution < 1.29 is 13.2 Å². The Hall–Kier alpha value is -1.76. The lowest BCUT2D eigenvalue weighted by molar-refractivity contribution is -0.119. The van der Waals surface area contributed by atoms with Crippen molar-refractivity contribution >= 4 is 27.1 Å². The zero-order valence-corrected chi connectivity index (χ0v) is 12.2. The zero-order chi connectivity index (χ0) is 14.9. The monoisotopic (exact) mass is 297 g/mol. The number of carbonyl (C=O) groups is 1. The highest BCUT2D eigenvalue weighted by molar-refractivity contribution is 7.90. The van der Waals surface area contributed by atoms with Gasteiger partial charge in [0, 0.05) is 12.8 Å². The van der Waals surface area contributed by atoms with Crippen molar-refractivity contribution in [3.63, 3.8) is 0 Å². The molecule has 1 aromatic carbocycles. The lowest BCUT2D eigenvalue weighted by Gasteiger charge is -2.36. The third-order valence-corrected chi connectivity index (χ3v) is 4.68. The minimum Gasteiger partial charge on any atom is -0.397 e. The molecule has 0 aromatic heterocycles. The van der Waals surface area contributed by atoms with E-state index in [1.165, 1.54) is 12.1 Å². The highest BCUT2D eigenvalue weighted by Crippen LogP contribution is 2.31. The van der Waals surface area contributed by atoms with Gasteiger partial charge in [-0.15, -0.1) is 0 Å². The summed E-state index contributed by atoms with van der Waals surface area (Å²) in [5.74, 6) is -0.378. The molecule has 20 heavy (non-hydrogen) atoms. The van der Waals surface area contributed by atoms with Crippen LogP contribution >= 0.6 is 0 Å². The van der Waals surface area contributed by atoms with Gasteiger partial charge in [0.25, 0.3) is 0 Å². The molecule has 1 aliphatic heterocycles. The number of amides is 1. The SMILES string of the molecule is CS(=O)(=O)c1ccc(N2CCCCC2C(N)=O)c(N)c1. The smallest absolute Gasteiger partial charge is 0.240 e. The van der Waals surface area contributed by atoms with Crippen molar-refractivity contribution in [2.45, 2.75) is 30.2 Å². The van der Waals surface area contributed by atoms with Crippen molar-refractivity contribution in [1.29, 1.82) is 0 Å². The molecular formula is C13H19N3O3S. The second kappa shape index (κ2) is 5.32. The fourth-order valence-electron chi connectivity index (χ4n) is 2.54. The summed E-state index contributed by atoms with van der Waals surface area (Å²) in [5, 5.41) is 0. The third-order valence-electron chi connectivity index (χ3n) is 3.57. The number of nitrogens with two attached hydrogens (primary N) is 2. The number of hydrogen-bond acceptors (Lipinski definition) is 5. The van der Waals surface area contributed by atoms with Crippen molar-refractivity contribution in [2.24, 2.45) is 5.73 Å². The van der Waals surface area contributed by atoms with E-state index >= 15 is 0 Å². The van der Waals surface area contributed by atoms with Crippen LogP contribution in [0.3, 0.4) is 0 Å². The normalized spacial score (nSPS) is 19.9. The Kier molecular flexibility index (Phi) is 3.89. The number of benzene rings is 1. The lowest BCUT2D eigenvalue weighted by Crippen LogP contribution is -2.48. The van der Waals surface area contributed by atoms with Gasteiger partial charge < -0.3 is 16.4 Å². The van der Waals surface area contributed by atoms with E-state index in [0.29, 0.717) is 24.3 Å². The van der Waals surface area contributed by atoms with Crippen LogP contribution in [0.15, 0.2) is 23.1 Å². The summed E-state index contributed by atoms with van der Waals surface area (Å²) in [4.78, 5) is 13.6. The summed E-state index contributed by atoms with van der Waals surface area (Å²) < 4.78 is 23.0. The van der Waals surface area contributed by atoms with Gasteiger partial charge in [-0.2, -0.15) is 0 Å². The van der Waals surface area contributed by atoms with E-state index in [-0.39, 0.29) is 16.8 Å². The molecule has 2 rings (SSSR count). The third kappa shape index (κ3) is 2.87. The van der Waals surface area contributed by atoms with Gasteiger partial charge in [-0.3, -0.25) is 4.79 Å². The number of primary amides is 1. The van der Waals surface area contributed by atoms with Crippen molar-refractivity contribution in [1.82, 2.24) is 0 Å². The molecule has 1 unspecified atom stereocenters. The summed E-state index contributed by atoms with van der Waals surface area (Å²) in [6.45, 7) is 0.691. The maximum absolute atomic E-state index is 11.5. The minimum absolute atomic E-state index is 0.173. The van der Waals surface area contributed by atoms with Gasteiger partial charge in [-0.05, 0) is 37.5 Å². The summed E-state index contributed by atoms with van der Waals surface area (Å²) in [6.07, 6.45) is 3.74. The van der Waals surface area contributed by atoms with Crippen LogP contribution in [-0.2, 0) is 14.6 Å². The topological polar surface area (TPSA) is 106 Å². The molecule has 6 nitrogen and oxygen atoms in total. The van der Waals surface area contributed by atoms with E-state index in [0.717, 1.165) is 19.1 Å². The van der Waals surface area contributed by atoms with E-state index in [4.69, 9.17) is 11.5 Å². The second-order valence-electron chi connectivity index (χ2n) is 5.10. The number of rotatable bonds is 3. The van der Waals surface area contributed by atoms with E-state index < -0.39 is 9.84 Å². The highest BCUT2D eigenvalue weighted by atomic mass is 32.2. The Morgan fingerprint density at radius 3 is 2.60 bits per heavy atom. The van der Waals surface area contributed by atoms with Crippen molar-refractivity contribution in [3.05, 3.63) is 18.2 Å². The molecule has 4 N–H and O–H groups in total. The molecule has 110 valence electrons. The van der Waals surface area contributed by atoms with Gasteiger partial charge in [0.15, 0.2) is 9.84 Å². The maximum Gasteiger partial charge on any atom is 0.240 e. The molecule has 7 heteroatoms. The molecule has 0 spiro atoms. The first-order valence-electron chi connectivity index (χ1n) is 6.46. The van der Waals surface area contributed by atoms with E-state index in [9.17, 15) is 13.2 Å². The Bertz CT molecular complexity index is 628. The number of nitrogens with zero attached hydrogens (tertiary/aromatic N) is 1. The first kappa shape index (κ1) is 14.6. The molecule has 1 atom stereocenters. The summed E-state index contributed by atoms with van der Waals surface area (Å²) in [5.41, 5.74) is 12.4. The minimum atomic E-state index is -3.29. The molecule has 1 heterocycles.